The number of aliphatic carboxylic acids is 1. The molecule has 0 aliphatic heterocycles. The van der Waals surface area contributed by atoms with Gasteiger partial charge in [-0.15, -0.1) is 0 Å². The lowest BCUT2D eigenvalue weighted by Crippen LogP contribution is -2.15. The summed E-state index contributed by atoms with van der Waals surface area (Å²) in [6.45, 7) is 0. The molecule has 1 heterocycles. The molecule has 3 nitrogen and oxygen atoms in total. The van der Waals surface area contributed by atoms with E-state index in [1.807, 2.05) is 0 Å². The van der Waals surface area contributed by atoms with Crippen molar-refractivity contribution in [3.05, 3.63) is 28.5 Å². The molecule has 1 atom stereocenters. The highest BCUT2D eigenvalue weighted by molar-refractivity contribution is 9.10. The Morgan fingerprint density at radius 2 is 2.20 bits per heavy atom. The predicted octanol–water partition coefficient (Wildman–Crippen LogP) is 2.67. The lowest BCUT2D eigenvalue weighted by molar-refractivity contribution is -0.139. The number of carboxylic acid groups (broad SMARTS) is 1. The molecule has 15 heavy (non-hydrogen) atoms. The molecular weight excluding hydrogens is 272 g/mol. The SMILES string of the molecule is O=C(O)C(CC(F)F)c1cncc(Br)c1. The number of aromatic nitrogens is 1. The van der Waals surface area contributed by atoms with Crippen LogP contribution in [0, 0.1) is 0 Å². The van der Waals surface area contributed by atoms with Gasteiger partial charge in [-0.1, -0.05) is 0 Å². The summed E-state index contributed by atoms with van der Waals surface area (Å²) in [6.07, 6.45) is -0.602. The first kappa shape index (κ1) is 12.0. The number of carboxylic acids is 1. The van der Waals surface area contributed by atoms with E-state index < -0.39 is 24.7 Å². The number of nitrogens with zero attached hydrogens (tertiary/aromatic N) is 1. The maximum absolute atomic E-state index is 12.1. The van der Waals surface area contributed by atoms with Gasteiger partial charge >= 0.3 is 5.97 Å². The topological polar surface area (TPSA) is 50.2 Å². The second-order valence-electron chi connectivity index (χ2n) is 2.95. The third-order valence-electron chi connectivity index (χ3n) is 1.84. The molecule has 1 aromatic rings. The van der Waals surface area contributed by atoms with Gasteiger partial charge in [-0.3, -0.25) is 9.78 Å². The van der Waals surface area contributed by atoms with Gasteiger partial charge in [0.15, 0.2) is 0 Å². The number of carbonyl (C=O) groups is 1. The summed E-state index contributed by atoms with van der Waals surface area (Å²) in [5.41, 5.74) is 0.275. The van der Waals surface area contributed by atoms with Crippen LogP contribution >= 0.6 is 15.9 Å². The van der Waals surface area contributed by atoms with Crippen LogP contribution < -0.4 is 0 Å². The van der Waals surface area contributed by atoms with E-state index in [2.05, 4.69) is 20.9 Å². The Hall–Kier alpha value is -1.04. The average Bonchev–Trinajstić information content (AvgIpc) is 2.13. The summed E-state index contributed by atoms with van der Waals surface area (Å²) in [6, 6.07) is 1.48. The lowest BCUT2D eigenvalue weighted by Gasteiger charge is -2.11. The van der Waals surface area contributed by atoms with Crippen LogP contribution in [0.15, 0.2) is 22.9 Å². The fourth-order valence-electron chi connectivity index (χ4n) is 1.18. The summed E-state index contributed by atoms with van der Waals surface area (Å²) in [4.78, 5) is 14.5. The van der Waals surface area contributed by atoms with Crippen LogP contribution in [0.4, 0.5) is 8.78 Å². The van der Waals surface area contributed by atoms with Crippen molar-refractivity contribution >= 4 is 21.9 Å². The zero-order valence-electron chi connectivity index (χ0n) is 7.53. The number of rotatable bonds is 4. The second kappa shape index (κ2) is 5.16. The van der Waals surface area contributed by atoms with Gasteiger partial charge in [0.05, 0.1) is 5.92 Å². The van der Waals surface area contributed by atoms with Gasteiger partial charge in [0.25, 0.3) is 0 Å². The maximum Gasteiger partial charge on any atom is 0.311 e. The Morgan fingerprint density at radius 1 is 1.53 bits per heavy atom. The van der Waals surface area contributed by atoms with Crippen molar-refractivity contribution in [2.75, 3.05) is 0 Å². The van der Waals surface area contributed by atoms with Crippen LogP contribution in [0.3, 0.4) is 0 Å². The zero-order valence-corrected chi connectivity index (χ0v) is 9.12. The van der Waals surface area contributed by atoms with Crippen molar-refractivity contribution in [1.82, 2.24) is 4.98 Å². The van der Waals surface area contributed by atoms with Gasteiger partial charge in [-0.2, -0.15) is 0 Å². The fourth-order valence-corrected chi connectivity index (χ4v) is 1.56. The smallest absolute Gasteiger partial charge is 0.311 e. The molecule has 0 aliphatic carbocycles. The van der Waals surface area contributed by atoms with E-state index in [1.165, 1.54) is 18.5 Å². The molecule has 0 spiro atoms. The van der Waals surface area contributed by atoms with Crippen molar-refractivity contribution in [2.24, 2.45) is 0 Å². The minimum absolute atomic E-state index is 0.275. The van der Waals surface area contributed by atoms with Crippen LogP contribution in [0.1, 0.15) is 17.9 Å². The standard InChI is InChI=1S/C9H8BrF2NO2/c10-6-1-5(3-13-4-6)7(9(14)15)2-8(11)12/h1,3-4,7-8H,2H2,(H,14,15). The molecule has 0 aliphatic rings. The van der Waals surface area contributed by atoms with Gasteiger partial charge in [0, 0.05) is 23.3 Å². The summed E-state index contributed by atoms with van der Waals surface area (Å²) in [7, 11) is 0. The molecule has 1 unspecified atom stereocenters. The number of alkyl halides is 2. The third-order valence-corrected chi connectivity index (χ3v) is 2.27. The first-order valence-corrected chi connectivity index (χ1v) is 4.91. The van der Waals surface area contributed by atoms with E-state index in [-0.39, 0.29) is 5.56 Å². The average molecular weight is 280 g/mol. The Balaban J connectivity index is 2.94. The van der Waals surface area contributed by atoms with Crippen LogP contribution in [-0.2, 0) is 4.79 Å². The largest absolute Gasteiger partial charge is 0.481 e. The monoisotopic (exact) mass is 279 g/mol. The van der Waals surface area contributed by atoms with Crippen LogP contribution in [0.25, 0.3) is 0 Å². The summed E-state index contributed by atoms with van der Waals surface area (Å²) < 4.78 is 24.8. The van der Waals surface area contributed by atoms with Gasteiger partial charge in [0.1, 0.15) is 0 Å². The molecule has 1 rings (SSSR count). The maximum atomic E-state index is 12.1. The molecule has 1 aromatic heterocycles. The van der Waals surface area contributed by atoms with Gasteiger partial charge in [-0.05, 0) is 27.6 Å². The van der Waals surface area contributed by atoms with Crippen molar-refractivity contribution in [2.45, 2.75) is 18.8 Å². The first-order valence-electron chi connectivity index (χ1n) is 4.12. The number of hydrogen-bond donors (Lipinski definition) is 1. The minimum atomic E-state index is -2.65. The first-order chi connectivity index (χ1) is 7.00. The fraction of sp³-hybridized carbons (Fsp3) is 0.333. The minimum Gasteiger partial charge on any atom is -0.481 e. The normalized spacial score (nSPS) is 12.8. The molecule has 6 heteroatoms. The third kappa shape index (κ3) is 3.54. The molecule has 1 N–H and O–H groups in total. The van der Waals surface area contributed by atoms with Crippen molar-refractivity contribution in [3.63, 3.8) is 0 Å². The molecule has 0 amide bonds. The Labute approximate surface area is 93.3 Å². The number of halogens is 3. The predicted molar refractivity (Wildman–Crippen MR) is 52.9 cm³/mol. The number of pyridine rings is 1. The Kier molecular flexibility index (Phi) is 4.14. The molecular formula is C9H8BrF2NO2. The second-order valence-corrected chi connectivity index (χ2v) is 3.87. The summed E-state index contributed by atoms with van der Waals surface area (Å²) in [5, 5.41) is 8.79. The van der Waals surface area contributed by atoms with Crippen LogP contribution in [-0.4, -0.2) is 22.5 Å². The van der Waals surface area contributed by atoms with Crippen molar-refractivity contribution < 1.29 is 18.7 Å². The van der Waals surface area contributed by atoms with Gasteiger partial charge in [-0.25, -0.2) is 8.78 Å². The Bertz CT molecular complexity index is 360. The molecule has 0 saturated heterocycles. The highest BCUT2D eigenvalue weighted by Crippen LogP contribution is 2.24. The van der Waals surface area contributed by atoms with Crippen molar-refractivity contribution in [3.8, 4) is 0 Å². The molecule has 0 saturated carbocycles. The van der Waals surface area contributed by atoms with E-state index in [0.717, 1.165) is 0 Å². The van der Waals surface area contributed by atoms with Gasteiger partial charge < -0.3 is 5.11 Å². The molecule has 82 valence electrons. The van der Waals surface area contributed by atoms with E-state index in [0.29, 0.717) is 4.47 Å². The van der Waals surface area contributed by atoms with Crippen LogP contribution in [0.5, 0.6) is 0 Å². The summed E-state index contributed by atoms with van der Waals surface area (Å²) in [5.74, 6) is -2.48. The highest BCUT2D eigenvalue weighted by atomic mass is 79.9. The Morgan fingerprint density at radius 3 is 2.67 bits per heavy atom. The lowest BCUT2D eigenvalue weighted by atomic mass is 9.98. The van der Waals surface area contributed by atoms with E-state index in [9.17, 15) is 13.6 Å². The van der Waals surface area contributed by atoms with E-state index >= 15 is 0 Å². The molecule has 0 fully saturated rings. The highest BCUT2D eigenvalue weighted by Gasteiger charge is 2.24. The van der Waals surface area contributed by atoms with Gasteiger partial charge in [0.2, 0.25) is 6.43 Å². The van der Waals surface area contributed by atoms with Crippen molar-refractivity contribution in [1.29, 1.82) is 0 Å². The molecule has 0 aromatic carbocycles. The van der Waals surface area contributed by atoms with E-state index in [1.54, 1.807) is 0 Å². The molecule has 0 radical (unpaired) electrons. The number of hydrogen-bond acceptors (Lipinski definition) is 2. The van der Waals surface area contributed by atoms with E-state index in [4.69, 9.17) is 5.11 Å². The zero-order chi connectivity index (χ0) is 11.4. The van der Waals surface area contributed by atoms with Crippen LogP contribution in [0.2, 0.25) is 0 Å². The summed E-state index contributed by atoms with van der Waals surface area (Å²) >= 11 is 3.10. The molecule has 0 bridgehead atoms. The quantitative estimate of drug-likeness (QED) is 0.922.